The normalized spacial score (nSPS) is 18.0. The number of nitrogens with one attached hydrogen (secondary N) is 1. The van der Waals surface area contributed by atoms with Crippen molar-refractivity contribution in [3.05, 3.63) is 77.2 Å². The van der Waals surface area contributed by atoms with E-state index in [1.807, 2.05) is 42.5 Å². The van der Waals surface area contributed by atoms with Crippen LogP contribution in [0.5, 0.6) is 5.75 Å². The number of phenolic OH excluding ortho intramolecular Hbond substituents is 1. The van der Waals surface area contributed by atoms with Gasteiger partial charge in [0.25, 0.3) is 5.91 Å². The summed E-state index contributed by atoms with van der Waals surface area (Å²) in [6.45, 7) is 0. The Morgan fingerprint density at radius 2 is 1.78 bits per heavy atom. The first kappa shape index (κ1) is 15.1. The molecule has 0 atom stereocenters. The van der Waals surface area contributed by atoms with Gasteiger partial charge in [-0.15, -0.1) is 0 Å². The maximum Gasteiger partial charge on any atom is 0.264 e. The van der Waals surface area contributed by atoms with E-state index >= 15 is 0 Å². The van der Waals surface area contributed by atoms with Crippen LogP contribution in [0.25, 0.3) is 6.08 Å². The molecule has 0 aliphatic carbocycles. The van der Waals surface area contributed by atoms with E-state index in [9.17, 15) is 9.90 Å². The minimum Gasteiger partial charge on any atom is -0.508 e. The molecule has 23 heavy (non-hydrogen) atoms. The van der Waals surface area contributed by atoms with Gasteiger partial charge in [0.2, 0.25) is 0 Å². The van der Waals surface area contributed by atoms with Gasteiger partial charge in [0, 0.05) is 0 Å². The maximum absolute atomic E-state index is 11.9. The van der Waals surface area contributed by atoms with Gasteiger partial charge < -0.3 is 10.4 Å². The Bertz CT molecular complexity index is 794. The standard InChI is InChI=1S/C18H14N2O2S/c21-15-11-9-14(10-12-15)19-18-20-17(22)16(23-18)8-4-7-13-5-2-1-3-6-13/h1-12,21H,(H,19,20,22)/b7-4-,16-8-. The number of rotatable bonds is 3. The van der Waals surface area contributed by atoms with Crippen LogP contribution in [0.15, 0.2) is 76.6 Å². The first-order valence-corrected chi connectivity index (χ1v) is 7.83. The van der Waals surface area contributed by atoms with Gasteiger partial charge in [-0.25, -0.2) is 4.99 Å². The molecule has 0 aromatic heterocycles. The van der Waals surface area contributed by atoms with E-state index in [0.717, 1.165) is 5.56 Å². The predicted octanol–water partition coefficient (Wildman–Crippen LogP) is 3.84. The number of aromatic hydroxyl groups is 1. The van der Waals surface area contributed by atoms with Crippen LogP contribution < -0.4 is 5.32 Å². The Morgan fingerprint density at radius 3 is 2.52 bits per heavy atom. The number of carbonyl (C=O) groups is 1. The van der Waals surface area contributed by atoms with Gasteiger partial charge in [-0.1, -0.05) is 42.5 Å². The van der Waals surface area contributed by atoms with Crippen molar-refractivity contribution in [1.29, 1.82) is 0 Å². The molecule has 0 saturated carbocycles. The Morgan fingerprint density at radius 1 is 1.04 bits per heavy atom. The van der Waals surface area contributed by atoms with Crippen molar-refractivity contribution in [3.63, 3.8) is 0 Å². The molecule has 2 aromatic rings. The molecule has 1 fully saturated rings. The molecule has 114 valence electrons. The third-order valence-corrected chi connectivity index (χ3v) is 4.00. The molecule has 5 heteroatoms. The first-order valence-electron chi connectivity index (χ1n) is 7.01. The molecular weight excluding hydrogens is 308 g/mol. The quantitative estimate of drug-likeness (QED) is 0.844. The van der Waals surface area contributed by atoms with Crippen LogP contribution in [0.3, 0.4) is 0 Å². The van der Waals surface area contributed by atoms with Crippen LogP contribution in [0.1, 0.15) is 5.56 Å². The molecule has 1 aliphatic heterocycles. The zero-order valence-corrected chi connectivity index (χ0v) is 13.0. The number of aliphatic imine (C=N–C) groups is 1. The van der Waals surface area contributed by atoms with E-state index in [4.69, 9.17) is 0 Å². The number of amidine groups is 1. The monoisotopic (exact) mass is 322 g/mol. The average molecular weight is 322 g/mol. The number of benzene rings is 2. The molecule has 0 radical (unpaired) electrons. The highest BCUT2D eigenvalue weighted by Crippen LogP contribution is 2.26. The van der Waals surface area contributed by atoms with Crippen LogP contribution in [-0.4, -0.2) is 16.2 Å². The van der Waals surface area contributed by atoms with Crippen molar-refractivity contribution in [2.24, 2.45) is 4.99 Å². The number of hydrogen-bond acceptors (Lipinski definition) is 4. The van der Waals surface area contributed by atoms with Crippen LogP contribution in [0.2, 0.25) is 0 Å². The van der Waals surface area contributed by atoms with E-state index in [0.29, 0.717) is 15.8 Å². The summed E-state index contributed by atoms with van der Waals surface area (Å²) >= 11 is 1.29. The van der Waals surface area contributed by atoms with Gasteiger partial charge in [-0.2, -0.15) is 0 Å². The van der Waals surface area contributed by atoms with Gasteiger partial charge in [-0.3, -0.25) is 4.79 Å². The topological polar surface area (TPSA) is 61.7 Å². The first-order chi connectivity index (χ1) is 11.2. The summed E-state index contributed by atoms with van der Waals surface area (Å²) < 4.78 is 0. The zero-order chi connectivity index (χ0) is 16.1. The van der Waals surface area contributed by atoms with E-state index in [2.05, 4.69) is 10.3 Å². The van der Waals surface area contributed by atoms with Crippen molar-refractivity contribution < 1.29 is 9.90 Å². The summed E-state index contributed by atoms with van der Waals surface area (Å²) in [6.07, 6.45) is 5.56. The fraction of sp³-hybridized carbons (Fsp3) is 0. The maximum atomic E-state index is 11.9. The molecule has 0 unspecified atom stereocenters. The fourth-order valence-corrected chi connectivity index (χ4v) is 2.74. The van der Waals surface area contributed by atoms with Crippen molar-refractivity contribution in [1.82, 2.24) is 5.32 Å². The van der Waals surface area contributed by atoms with Crippen molar-refractivity contribution >= 4 is 34.6 Å². The summed E-state index contributed by atoms with van der Waals surface area (Å²) in [4.78, 5) is 16.8. The highest BCUT2D eigenvalue weighted by molar-refractivity contribution is 8.18. The summed E-state index contributed by atoms with van der Waals surface area (Å²) in [5.74, 6) is 0.0222. The van der Waals surface area contributed by atoms with E-state index in [1.54, 1.807) is 30.3 Å². The van der Waals surface area contributed by atoms with E-state index < -0.39 is 0 Å². The van der Waals surface area contributed by atoms with Gasteiger partial charge in [0.15, 0.2) is 5.17 Å². The minimum absolute atomic E-state index is 0.162. The van der Waals surface area contributed by atoms with Crippen molar-refractivity contribution in [2.45, 2.75) is 0 Å². The molecule has 0 spiro atoms. The van der Waals surface area contributed by atoms with Gasteiger partial charge in [0.1, 0.15) is 5.75 Å². The zero-order valence-electron chi connectivity index (χ0n) is 12.1. The largest absolute Gasteiger partial charge is 0.508 e. The molecule has 1 saturated heterocycles. The number of hydrogen-bond donors (Lipinski definition) is 2. The van der Waals surface area contributed by atoms with Crippen LogP contribution in [-0.2, 0) is 4.79 Å². The van der Waals surface area contributed by atoms with Gasteiger partial charge in [-0.05, 0) is 47.7 Å². The molecular formula is C18H14N2O2S. The second kappa shape index (κ2) is 6.98. The molecule has 1 heterocycles. The summed E-state index contributed by atoms with van der Waals surface area (Å²) in [6, 6.07) is 16.4. The second-order valence-electron chi connectivity index (χ2n) is 4.79. The second-order valence-corrected chi connectivity index (χ2v) is 5.82. The number of carbonyl (C=O) groups excluding carboxylic acids is 1. The van der Waals surface area contributed by atoms with E-state index in [1.165, 1.54) is 11.8 Å². The third kappa shape index (κ3) is 4.11. The van der Waals surface area contributed by atoms with Gasteiger partial charge in [0.05, 0.1) is 10.6 Å². The third-order valence-electron chi connectivity index (χ3n) is 3.07. The predicted molar refractivity (Wildman–Crippen MR) is 94.5 cm³/mol. The van der Waals surface area contributed by atoms with Crippen molar-refractivity contribution in [2.75, 3.05) is 0 Å². The number of allylic oxidation sites excluding steroid dienone is 2. The number of amides is 1. The molecule has 1 aliphatic rings. The lowest BCUT2D eigenvalue weighted by Gasteiger charge is -1.96. The number of phenols is 1. The Balaban J connectivity index is 1.71. The van der Waals surface area contributed by atoms with E-state index in [-0.39, 0.29) is 11.7 Å². The lowest BCUT2D eigenvalue weighted by atomic mass is 10.2. The summed E-state index contributed by atoms with van der Waals surface area (Å²) in [5.41, 5.74) is 1.75. The smallest absolute Gasteiger partial charge is 0.264 e. The summed E-state index contributed by atoms with van der Waals surface area (Å²) in [7, 11) is 0. The number of thioether (sulfide) groups is 1. The Kier molecular flexibility index (Phi) is 4.59. The Labute approximate surface area is 138 Å². The van der Waals surface area contributed by atoms with Gasteiger partial charge >= 0.3 is 0 Å². The fourth-order valence-electron chi connectivity index (χ4n) is 1.95. The lowest BCUT2D eigenvalue weighted by molar-refractivity contribution is -0.115. The number of nitrogens with zero attached hydrogens (tertiary/aromatic N) is 1. The highest BCUT2D eigenvalue weighted by Gasteiger charge is 2.22. The van der Waals surface area contributed by atoms with Crippen LogP contribution >= 0.6 is 11.8 Å². The summed E-state index contributed by atoms with van der Waals surface area (Å²) in [5, 5.41) is 12.5. The SMILES string of the molecule is O=C1NC(=Nc2ccc(O)cc2)S/C1=C\C=C/c1ccccc1. The molecule has 2 N–H and O–H groups in total. The average Bonchev–Trinajstić information content (AvgIpc) is 2.90. The van der Waals surface area contributed by atoms with Crippen LogP contribution in [0, 0.1) is 0 Å². The molecule has 0 bridgehead atoms. The highest BCUT2D eigenvalue weighted by atomic mass is 32.2. The van der Waals surface area contributed by atoms with Crippen molar-refractivity contribution in [3.8, 4) is 5.75 Å². The van der Waals surface area contributed by atoms with Crippen LogP contribution in [0.4, 0.5) is 5.69 Å². The molecule has 3 rings (SSSR count). The molecule has 2 aromatic carbocycles. The lowest BCUT2D eigenvalue weighted by Crippen LogP contribution is -2.19. The minimum atomic E-state index is -0.162. The molecule has 4 nitrogen and oxygen atoms in total. The molecule has 1 amide bonds. The Hall–Kier alpha value is -2.79.